The van der Waals surface area contributed by atoms with E-state index in [2.05, 4.69) is 4.90 Å². The van der Waals surface area contributed by atoms with Gasteiger partial charge in [-0.25, -0.2) is 8.78 Å². The Balaban J connectivity index is 1.76. The van der Waals surface area contributed by atoms with Gasteiger partial charge in [-0.3, -0.25) is 4.90 Å². The van der Waals surface area contributed by atoms with Gasteiger partial charge in [0.1, 0.15) is 12.2 Å². The van der Waals surface area contributed by atoms with Crippen molar-refractivity contribution in [1.29, 1.82) is 0 Å². The van der Waals surface area contributed by atoms with Crippen LogP contribution < -0.4 is 0 Å². The number of halogens is 2. The van der Waals surface area contributed by atoms with E-state index in [9.17, 15) is 13.9 Å². The topological polar surface area (TPSA) is 32.7 Å². The maximum Gasteiger partial charge on any atom is 0.164 e. The van der Waals surface area contributed by atoms with Crippen LogP contribution in [0, 0.1) is 11.6 Å². The van der Waals surface area contributed by atoms with Crippen molar-refractivity contribution >= 4 is 0 Å². The molecule has 2 heterocycles. The number of ether oxygens (including phenoxy) is 1. The molecule has 0 spiro atoms. The Morgan fingerprint density at radius 3 is 3.05 bits per heavy atom. The Morgan fingerprint density at radius 1 is 1.37 bits per heavy atom. The highest BCUT2D eigenvalue weighted by atomic mass is 19.2. The summed E-state index contributed by atoms with van der Waals surface area (Å²) >= 11 is 0. The maximum absolute atomic E-state index is 13.7. The Hall–Kier alpha value is -1.04. The van der Waals surface area contributed by atoms with Gasteiger partial charge in [-0.15, -0.1) is 0 Å². The summed E-state index contributed by atoms with van der Waals surface area (Å²) in [5, 5.41) is 10.2. The lowest BCUT2D eigenvalue weighted by atomic mass is 10.0. The Morgan fingerprint density at radius 2 is 2.21 bits per heavy atom. The molecular weight excluding hydrogens is 252 g/mol. The minimum atomic E-state index is -1.13. The van der Waals surface area contributed by atoms with Gasteiger partial charge in [-0.05, 0) is 25.5 Å². The molecule has 2 fully saturated rings. The normalized spacial score (nSPS) is 29.2. The van der Waals surface area contributed by atoms with Gasteiger partial charge in [0.25, 0.3) is 0 Å². The molecule has 0 amide bonds. The van der Waals surface area contributed by atoms with Crippen molar-refractivity contribution in [1.82, 2.24) is 4.90 Å². The molecule has 2 aliphatic heterocycles. The van der Waals surface area contributed by atoms with E-state index in [1.54, 1.807) is 0 Å². The molecular formula is C14H17F2NO2. The van der Waals surface area contributed by atoms with Gasteiger partial charge in [0, 0.05) is 18.2 Å². The standard InChI is InChI=1S/C14H17F2NO2/c15-11-5-1-4-10(13(11)16)14(18)12-7-17-6-2-3-9(17)8-19-12/h1,4-5,9,12,14,18H,2-3,6-8H2. The molecule has 1 aromatic carbocycles. The van der Waals surface area contributed by atoms with Crippen LogP contribution in [-0.4, -0.2) is 41.8 Å². The van der Waals surface area contributed by atoms with Gasteiger partial charge in [0.2, 0.25) is 0 Å². The number of morpholine rings is 1. The highest BCUT2D eigenvalue weighted by molar-refractivity contribution is 5.22. The highest BCUT2D eigenvalue weighted by Gasteiger charge is 2.36. The monoisotopic (exact) mass is 269 g/mol. The van der Waals surface area contributed by atoms with Crippen molar-refractivity contribution in [3.63, 3.8) is 0 Å². The molecule has 1 aromatic rings. The lowest BCUT2D eigenvalue weighted by Gasteiger charge is -2.37. The largest absolute Gasteiger partial charge is 0.386 e. The lowest BCUT2D eigenvalue weighted by molar-refractivity contribution is -0.104. The minimum Gasteiger partial charge on any atom is -0.386 e. The number of aliphatic hydroxyl groups is 1. The average molecular weight is 269 g/mol. The number of nitrogens with zero attached hydrogens (tertiary/aromatic N) is 1. The van der Waals surface area contributed by atoms with Crippen molar-refractivity contribution < 1.29 is 18.6 Å². The Kier molecular flexibility index (Phi) is 3.52. The minimum absolute atomic E-state index is 0.0253. The first-order valence-electron chi connectivity index (χ1n) is 6.64. The highest BCUT2D eigenvalue weighted by Crippen LogP contribution is 2.30. The van der Waals surface area contributed by atoms with E-state index >= 15 is 0 Å². The van der Waals surface area contributed by atoms with Crippen LogP contribution in [0.4, 0.5) is 8.78 Å². The van der Waals surface area contributed by atoms with Crippen LogP contribution >= 0.6 is 0 Å². The molecule has 3 rings (SSSR count). The van der Waals surface area contributed by atoms with E-state index in [0.717, 1.165) is 25.5 Å². The van der Waals surface area contributed by atoms with Crippen molar-refractivity contribution in [2.75, 3.05) is 19.7 Å². The number of fused-ring (bicyclic) bond motifs is 1. The maximum atomic E-state index is 13.7. The second-order valence-corrected chi connectivity index (χ2v) is 5.25. The average Bonchev–Trinajstić information content (AvgIpc) is 2.88. The SMILES string of the molecule is OC(c1cccc(F)c1F)C1CN2CCCC2CO1. The second-order valence-electron chi connectivity index (χ2n) is 5.25. The fourth-order valence-corrected chi connectivity index (χ4v) is 2.98. The van der Waals surface area contributed by atoms with E-state index < -0.39 is 23.8 Å². The molecule has 104 valence electrons. The van der Waals surface area contributed by atoms with Gasteiger partial charge in [-0.2, -0.15) is 0 Å². The predicted molar refractivity (Wildman–Crippen MR) is 65.7 cm³/mol. The molecule has 0 aromatic heterocycles. The van der Waals surface area contributed by atoms with E-state index in [0.29, 0.717) is 19.2 Å². The number of hydrogen-bond donors (Lipinski definition) is 1. The molecule has 3 atom stereocenters. The first kappa shape index (κ1) is 13.0. The number of hydrogen-bond acceptors (Lipinski definition) is 3. The van der Waals surface area contributed by atoms with Crippen LogP contribution in [0.5, 0.6) is 0 Å². The van der Waals surface area contributed by atoms with Crippen LogP contribution in [-0.2, 0) is 4.74 Å². The van der Waals surface area contributed by atoms with Crippen molar-refractivity contribution in [3.8, 4) is 0 Å². The molecule has 19 heavy (non-hydrogen) atoms. The quantitative estimate of drug-likeness (QED) is 0.889. The number of aliphatic hydroxyl groups excluding tert-OH is 1. The zero-order valence-corrected chi connectivity index (χ0v) is 10.6. The summed E-state index contributed by atoms with van der Waals surface area (Å²) in [7, 11) is 0. The summed E-state index contributed by atoms with van der Waals surface area (Å²) in [5.74, 6) is -1.92. The second kappa shape index (κ2) is 5.15. The van der Waals surface area contributed by atoms with E-state index in [1.165, 1.54) is 12.1 Å². The molecule has 0 bridgehead atoms. The first-order chi connectivity index (χ1) is 9.16. The third-order valence-electron chi connectivity index (χ3n) is 4.07. The smallest absolute Gasteiger partial charge is 0.164 e. The summed E-state index contributed by atoms with van der Waals surface area (Å²) in [6.07, 6.45) is 0.616. The van der Waals surface area contributed by atoms with Gasteiger partial charge < -0.3 is 9.84 Å². The fourth-order valence-electron chi connectivity index (χ4n) is 2.98. The molecule has 3 unspecified atom stereocenters. The molecule has 3 nitrogen and oxygen atoms in total. The third-order valence-corrected chi connectivity index (χ3v) is 4.07. The Bertz CT molecular complexity index is 469. The Labute approximate surface area is 110 Å². The number of rotatable bonds is 2. The zero-order valence-electron chi connectivity index (χ0n) is 10.6. The van der Waals surface area contributed by atoms with Crippen LogP contribution in [0.15, 0.2) is 18.2 Å². The van der Waals surface area contributed by atoms with Crippen LogP contribution in [0.25, 0.3) is 0 Å². The van der Waals surface area contributed by atoms with E-state index in [1.807, 2.05) is 0 Å². The molecule has 0 radical (unpaired) electrons. The molecule has 0 aliphatic carbocycles. The van der Waals surface area contributed by atoms with Crippen molar-refractivity contribution in [2.45, 2.75) is 31.1 Å². The van der Waals surface area contributed by atoms with Gasteiger partial charge in [-0.1, -0.05) is 12.1 Å². The van der Waals surface area contributed by atoms with Crippen molar-refractivity contribution in [3.05, 3.63) is 35.4 Å². The van der Waals surface area contributed by atoms with Gasteiger partial charge in [0.05, 0.1) is 6.61 Å². The molecule has 2 saturated heterocycles. The molecule has 0 saturated carbocycles. The first-order valence-corrected chi connectivity index (χ1v) is 6.64. The molecule has 5 heteroatoms. The summed E-state index contributed by atoms with van der Waals surface area (Å²) in [5.41, 5.74) is -0.0253. The van der Waals surface area contributed by atoms with Gasteiger partial charge in [0.15, 0.2) is 11.6 Å². The number of benzene rings is 1. The van der Waals surface area contributed by atoms with Crippen molar-refractivity contribution in [2.24, 2.45) is 0 Å². The van der Waals surface area contributed by atoms with Gasteiger partial charge >= 0.3 is 0 Å². The van der Waals surface area contributed by atoms with Crippen LogP contribution in [0.2, 0.25) is 0 Å². The summed E-state index contributed by atoms with van der Waals surface area (Å²) in [6, 6.07) is 4.27. The van der Waals surface area contributed by atoms with Crippen LogP contribution in [0.3, 0.4) is 0 Å². The van der Waals surface area contributed by atoms with Crippen LogP contribution in [0.1, 0.15) is 24.5 Å². The summed E-state index contributed by atoms with van der Waals surface area (Å²) < 4.78 is 32.5. The zero-order chi connectivity index (χ0) is 13.4. The molecule has 2 aliphatic rings. The molecule has 1 N–H and O–H groups in total. The summed E-state index contributed by atoms with van der Waals surface area (Å²) in [4.78, 5) is 2.26. The third kappa shape index (κ3) is 2.38. The lowest BCUT2D eigenvalue weighted by Crippen LogP contribution is -2.48. The van der Waals surface area contributed by atoms with E-state index in [4.69, 9.17) is 4.74 Å². The van der Waals surface area contributed by atoms with E-state index in [-0.39, 0.29) is 5.56 Å². The fraction of sp³-hybridized carbons (Fsp3) is 0.571. The summed E-state index contributed by atoms with van der Waals surface area (Å²) in [6.45, 7) is 2.11. The predicted octanol–water partition coefficient (Wildman–Crippen LogP) is 1.86.